The highest BCUT2D eigenvalue weighted by atomic mass is 32.2. The highest BCUT2D eigenvalue weighted by Crippen LogP contribution is 2.15. The Labute approximate surface area is 116 Å². The van der Waals surface area contributed by atoms with Crippen molar-refractivity contribution in [3.63, 3.8) is 0 Å². The molecule has 0 radical (unpaired) electrons. The molecular weight excluding hydrogens is 260 g/mol. The van der Waals surface area contributed by atoms with Crippen LogP contribution in [-0.2, 0) is 16.4 Å². The molecule has 0 spiro atoms. The number of hydrogen-bond donors (Lipinski definition) is 2. The highest BCUT2D eigenvalue weighted by molar-refractivity contribution is 7.89. The van der Waals surface area contributed by atoms with Crippen LogP contribution < -0.4 is 10.5 Å². The van der Waals surface area contributed by atoms with E-state index in [0.717, 1.165) is 18.4 Å². The fraction of sp³-hybridized carbons (Fsp3) is 0.571. The summed E-state index contributed by atoms with van der Waals surface area (Å²) in [5, 5.41) is 0. The summed E-state index contributed by atoms with van der Waals surface area (Å²) in [6.45, 7) is 7.04. The molecule has 0 saturated carbocycles. The van der Waals surface area contributed by atoms with Crippen LogP contribution in [0.2, 0.25) is 0 Å². The Morgan fingerprint density at radius 3 is 2.21 bits per heavy atom. The van der Waals surface area contributed by atoms with Gasteiger partial charge in [0.1, 0.15) is 0 Å². The van der Waals surface area contributed by atoms with Gasteiger partial charge in [0.2, 0.25) is 10.0 Å². The van der Waals surface area contributed by atoms with Gasteiger partial charge in [-0.15, -0.1) is 0 Å². The summed E-state index contributed by atoms with van der Waals surface area (Å²) in [7, 11) is -3.41. The van der Waals surface area contributed by atoms with E-state index in [1.165, 1.54) is 0 Å². The number of benzene rings is 1. The number of nitrogens with two attached hydrogens (primary N) is 1. The SMILES string of the molecule is CC(C)(C)CNS(=O)(=O)c1ccc(CCCN)cc1. The zero-order valence-corrected chi connectivity index (χ0v) is 12.8. The zero-order chi connectivity index (χ0) is 14.5. The largest absolute Gasteiger partial charge is 0.330 e. The van der Waals surface area contributed by atoms with Crippen LogP contribution in [0, 0.1) is 5.41 Å². The molecule has 108 valence electrons. The van der Waals surface area contributed by atoms with Gasteiger partial charge in [-0.05, 0) is 42.5 Å². The van der Waals surface area contributed by atoms with Crippen molar-refractivity contribution in [1.82, 2.24) is 4.72 Å². The van der Waals surface area contributed by atoms with Crippen LogP contribution >= 0.6 is 0 Å². The smallest absolute Gasteiger partial charge is 0.240 e. The van der Waals surface area contributed by atoms with Crippen molar-refractivity contribution in [3.05, 3.63) is 29.8 Å². The van der Waals surface area contributed by atoms with Crippen LogP contribution in [0.25, 0.3) is 0 Å². The topological polar surface area (TPSA) is 72.2 Å². The molecule has 0 amide bonds. The molecule has 0 aliphatic carbocycles. The van der Waals surface area contributed by atoms with E-state index in [1.807, 2.05) is 32.9 Å². The molecule has 1 rings (SSSR count). The molecule has 0 unspecified atom stereocenters. The lowest BCUT2D eigenvalue weighted by molar-refractivity contribution is 0.407. The molecule has 0 aromatic heterocycles. The van der Waals surface area contributed by atoms with Crippen molar-refractivity contribution in [1.29, 1.82) is 0 Å². The average Bonchev–Trinajstić information content (AvgIpc) is 2.34. The Bertz CT molecular complexity index is 487. The third kappa shape index (κ3) is 5.72. The van der Waals surface area contributed by atoms with E-state index in [0.29, 0.717) is 18.0 Å². The highest BCUT2D eigenvalue weighted by Gasteiger charge is 2.18. The predicted molar refractivity (Wildman–Crippen MR) is 78.5 cm³/mol. The molecule has 1 aromatic carbocycles. The monoisotopic (exact) mass is 284 g/mol. The van der Waals surface area contributed by atoms with Gasteiger partial charge in [0.15, 0.2) is 0 Å². The van der Waals surface area contributed by atoms with Crippen molar-refractivity contribution in [2.75, 3.05) is 13.1 Å². The maximum Gasteiger partial charge on any atom is 0.240 e. The van der Waals surface area contributed by atoms with Crippen LogP contribution in [0.4, 0.5) is 0 Å². The second kappa shape index (κ2) is 6.50. The third-order valence-corrected chi connectivity index (χ3v) is 4.11. The van der Waals surface area contributed by atoms with Gasteiger partial charge in [-0.2, -0.15) is 0 Å². The average molecular weight is 284 g/mol. The minimum Gasteiger partial charge on any atom is -0.330 e. The molecule has 4 nitrogen and oxygen atoms in total. The van der Waals surface area contributed by atoms with Crippen LogP contribution in [-0.4, -0.2) is 21.5 Å². The number of aryl methyl sites for hydroxylation is 1. The standard InChI is InChI=1S/C14H24N2O2S/c1-14(2,3)11-16-19(17,18)13-8-6-12(7-9-13)5-4-10-15/h6-9,16H,4-5,10-11,15H2,1-3H3. The maximum atomic E-state index is 12.1. The molecule has 0 atom stereocenters. The lowest BCUT2D eigenvalue weighted by atomic mass is 9.98. The van der Waals surface area contributed by atoms with Crippen molar-refractivity contribution >= 4 is 10.0 Å². The van der Waals surface area contributed by atoms with E-state index >= 15 is 0 Å². The van der Waals surface area contributed by atoms with E-state index in [-0.39, 0.29) is 5.41 Å². The van der Waals surface area contributed by atoms with E-state index in [1.54, 1.807) is 12.1 Å². The van der Waals surface area contributed by atoms with Crippen molar-refractivity contribution in [2.45, 2.75) is 38.5 Å². The molecular formula is C14H24N2O2S. The molecule has 3 N–H and O–H groups in total. The Kier molecular flexibility index (Phi) is 5.52. The first-order valence-electron chi connectivity index (χ1n) is 6.53. The Morgan fingerprint density at radius 2 is 1.74 bits per heavy atom. The Morgan fingerprint density at radius 1 is 1.16 bits per heavy atom. The molecule has 0 heterocycles. The lowest BCUT2D eigenvalue weighted by Gasteiger charge is -2.18. The van der Waals surface area contributed by atoms with Gasteiger partial charge in [0, 0.05) is 6.54 Å². The van der Waals surface area contributed by atoms with Gasteiger partial charge < -0.3 is 5.73 Å². The number of nitrogens with one attached hydrogen (secondary N) is 1. The van der Waals surface area contributed by atoms with Crippen molar-refractivity contribution < 1.29 is 8.42 Å². The van der Waals surface area contributed by atoms with E-state index in [4.69, 9.17) is 5.73 Å². The summed E-state index contributed by atoms with van der Waals surface area (Å²) < 4.78 is 26.8. The molecule has 1 aromatic rings. The minimum atomic E-state index is -3.41. The summed E-state index contributed by atoms with van der Waals surface area (Å²) in [4.78, 5) is 0.313. The maximum absolute atomic E-state index is 12.1. The number of sulfonamides is 1. The molecule has 0 aliphatic heterocycles. The summed E-state index contributed by atoms with van der Waals surface area (Å²) in [6.07, 6.45) is 1.79. The molecule has 0 aliphatic rings. The van der Waals surface area contributed by atoms with Crippen molar-refractivity contribution in [2.24, 2.45) is 11.1 Å². The second-order valence-electron chi connectivity index (χ2n) is 5.92. The van der Waals surface area contributed by atoms with Crippen LogP contribution in [0.1, 0.15) is 32.8 Å². The van der Waals surface area contributed by atoms with Crippen LogP contribution in [0.15, 0.2) is 29.2 Å². The quantitative estimate of drug-likeness (QED) is 0.838. The van der Waals surface area contributed by atoms with Gasteiger partial charge >= 0.3 is 0 Å². The van der Waals surface area contributed by atoms with Gasteiger partial charge in [0.05, 0.1) is 4.90 Å². The Hall–Kier alpha value is -0.910. The second-order valence-corrected chi connectivity index (χ2v) is 7.69. The number of hydrogen-bond acceptors (Lipinski definition) is 3. The summed E-state index contributed by atoms with van der Waals surface area (Å²) in [5.74, 6) is 0. The van der Waals surface area contributed by atoms with Gasteiger partial charge in [-0.25, -0.2) is 13.1 Å². The third-order valence-electron chi connectivity index (χ3n) is 2.70. The lowest BCUT2D eigenvalue weighted by Crippen LogP contribution is -2.32. The fourth-order valence-corrected chi connectivity index (χ4v) is 2.82. The van der Waals surface area contributed by atoms with Gasteiger partial charge in [-0.1, -0.05) is 32.9 Å². The zero-order valence-electron chi connectivity index (χ0n) is 11.9. The number of rotatable bonds is 6. The first kappa shape index (κ1) is 16.1. The Balaban J connectivity index is 2.73. The molecule has 0 saturated heterocycles. The van der Waals surface area contributed by atoms with Crippen molar-refractivity contribution in [3.8, 4) is 0 Å². The minimum absolute atomic E-state index is 0.0753. The first-order valence-corrected chi connectivity index (χ1v) is 8.02. The summed E-state index contributed by atoms with van der Waals surface area (Å²) in [5.41, 5.74) is 6.49. The fourth-order valence-electron chi connectivity index (χ4n) is 1.54. The predicted octanol–water partition coefficient (Wildman–Crippen LogP) is 1.90. The molecule has 0 bridgehead atoms. The van der Waals surface area contributed by atoms with E-state index in [2.05, 4.69) is 4.72 Å². The normalized spacial score (nSPS) is 12.6. The molecule has 19 heavy (non-hydrogen) atoms. The van der Waals surface area contributed by atoms with Gasteiger partial charge in [0.25, 0.3) is 0 Å². The van der Waals surface area contributed by atoms with E-state index in [9.17, 15) is 8.42 Å². The molecule has 0 fully saturated rings. The first-order chi connectivity index (χ1) is 8.74. The van der Waals surface area contributed by atoms with Gasteiger partial charge in [-0.3, -0.25) is 0 Å². The van der Waals surface area contributed by atoms with E-state index < -0.39 is 10.0 Å². The summed E-state index contributed by atoms with van der Waals surface area (Å²) >= 11 is 0. The van der Waals surface area contributed by atoms with Crippen LogP contribution in [0.3, 0.4) is 0 Å². The molecule has 5 heteroatoms. The summed E-state index contributed by atoms with van der Waals surface area (Å²) in [6, 6.07) is 7.00. The van der Waals surface area contributed by atoms with Crippen LogP contribution in [0.5, 0.6) is 0 Å².